The molecule has 40 heavy (non-hydrogen) atoms. The number of ether oxygens (including phenoxy) is 1. The number of carbonyl (C=O) groups excluding carboxylic acids is 3. The van der Waals surface area contributed by atoms with Crippen LogP contribution in [0.25, 0.3) is 0 Å². The molecule has 216 valence electrons. The van der Waals surface area contributed by atoms with Crippen molar-refractivity contribution < 1.29 is 24.2 Å². The zero-order valence-electron chi connectivity index (χ0n) is 24.5. The van der Waals surface area contributed by atoms with Crippen LogP contribution in [0.1, 0.15) is 53.5 Å². The van der Waals surface area contributed by atoms with E-state index in [2.05, 4.69) is 0 Å². The van der Waals surface area contributed by atoms with Gasteiger partial charge in [-0.15, -0.1) is 0 Å². The predicted octanol–water partition coefficient (Wildman–Crippen LogP) is 3.16. The quantitative estimate of drug-likeness (QED) is 0.551. The molecule has 4 aliphatic heterocycles. The summed E-state index contributed by atoms with van der Waals surface area (Å²) < 4.78 is 6.92. The van der Waals surface area contributed by atoms with Crippen LogP contribution in [0.4, 0.5) is 0 Å². The van der Waals surface area contributed by atoms with Crippen molar-refractivity contribution in [2.24, 2.45) is 17.8 Å². The highest BCUT2D eigenvalue weighted by Crippen LogP contribution is 2.58. The van der Waals surface area contributed by atoms with Crippen LogP contribution in [0.3, 0.4) is 0 Å². The van der Waals surface area contributed by atoms with Crippen molar-refractivity contribution in [3.63, 3.8) is 0 Å². The van der Waals surface area contributed by atoms with E-state index in [1.807, 2.05) is 96.2 Å². The molecule has 0 aliphatic carbocycles. The van der Waals surface area contributed by atoms with Crippen molar-refractivity contribution in [1.29, 1.82) is 0 Å². The summed E-state index contributed by atoms with van der Waals surface area (Å²) in [5, 5.41) is 10.5. The SMILES string of the molecule is CC(C)C[C@H](CO)N1C(=O)[C@@H]2[C@H]3C(=O)N(Cc4ccccc4)CC=C[C@@]3(C)O[C@@]23C=CCN(C(C)(C)C)C(=O)C13. The van der Waals surface area contributed by atoms with Gasteiger partial charge in [0, 0.05) is 25.2 Å². The van der Waals surface area contributed by atoms with Crippen molar-refractivity contribution in [2.75, 3.05) is 19.7 Å². The van der Waals surface area contributed by atoms with Gasteiger partial charge in [0.2, 0.25) is 17.7 Å². The molecule has 0 saturated carbocycles. The monoisotopic (exact) mass is 549 g/mol. The van der Waals surface area contributed by atoms with Gasteiger partial charge in [0.15, 0.2) is 0 Å². The molecular formula is C32H43N3O5. The number of aliphatic hydroxyl groups excluding tert-OH is 1. The third-order valence-electron chi connectivity index (χ3n) is 8.95. The zero-order valence-corrected chi connectivity index (χ0v) is 24.5. The Morgan fingerprint density at radius 3 is 2.27 bits per heavy atom. The fourth-order valence-electron chi connectivity index (χ4n) is 7.27. The molecule has 4 aliphatic rings. The third-order valence-corrected chi connectivity index (χ3v) is 8.95. The Bertz CT molecular complexity index is 1220. The van der Waals surface area contributed by atoms with Gasteiger partial charge in [-0.1, -0.05) is 68.5 Å². The summed E-state index contributed by atoms with van der Waals surface area (Å²) in [4.78, 5) is 48.6. The molecule has 2 saturated heterocycles. The van der Waals surface area contributed by atoms with Crippen molar-refractivity contribution in [1.82, 2.24) is 14.7 Å². The van der Waals surface area contributed by atoms with Crippen LogP contribution < -0.4 is 0 Å². The number of hydrogen-bond donors (Lipinski definition) is 1. The Morgan fingerprint density at radius 2 is 1.65 bits per heavy atom. The van der Waals surface area contributed by atoms with Crippen molar-refractivity contribution in [2.45, 2.75) is 83.3 Å². The first-order valence-corrected chi connectivity index (χ1v) is 14.5. The molecular weight excluding hydrogens is 506 g/mol. The van der Waals surface area contributed by atoms with Gasteiger partial charge >= 0.3 is 0 Å². The topological polar surface area (TPSA) is 90.4 Å². The summed E-state index contributed by atoms with van der Waals surface area (Å²) in [5.41, 5.74) is -1.89. The highest BCUT2D eigenvalue weighted by molar-refractivity contribution is 6.00. The summed E-state index contributed by atoms with van der Waals surface area (Å²) in [6.45, 7) is 12.8. The van der Waals surface area contributed by atoms with Gasteiger partial charge in [0.1, 0.15) is 11.6 Å². The van der Waals surface area contributed by atoms with Gasteiger partial charge in [0.25, 0.3) is 0 Å². The fraction of sp³-hybridized carbons (Fsp3) is 0.594. The molecule has 8 heteroatoms. The van der Waals surface area contributed by atoms with Crippen LogP contribution in [-0.4, -0.2) is 86.0 Å². The molecule has 1 spiro atoms. The number of rotatable bonds is 6. The second kappa shape index (κ2) is 10.1. The number of hydrogen-bond acceptors (Lipinski definition) is 5. The van der Waals surface area contributed by atoms with Crippen molar-refractivity contribution >= 4 is 17.7 Å². The molecule has 5 rings (SSSR count). The summed E-state index contributed by atoms with van der Waals surface area (Å²) in [6.07, 6.45) is 8.16. The van der Waals surface area contributed by atoms with E-state index in [0.29, 0.717) is 26.1 Å². The third kappa shape index (κ3) is 4.49. The number of nitrogens with zero attached hydrogens (tertiary/aromatic N) is 3. The van der Waals surface area contributed by atoms with E-state index in [1.165, 1.54) is 0 Å². The molecule has 0 aromatic heterocycles. The Hall–Kier alpha value is -2.97. The normalized spacial score (nSPS) is 32.8. The summed E-state index contributed by atoms with van der Waals surface area (Å²) in [7, 11) is 0. The van der Waals surface area contributed by atoms with E-state index in [4.69, 9.17) is 4.74 Å². The zero-order chi connectivity index (χ0) is 29.0. The Kier molecular flexibility index (Phi) is 7.24. The maximum Gasteiger partial charge on any atom is 0.249 e. The fourth-order valence-corrected chi connectivity index (χ4v) is 7.27. The van der Waals surface area contributed by atoms with Gasteiger partial charge in [0.05, 0.1) is 30.1 Å². The molecule has 0 bridgehead atoms. The molecule has 3 amide bonds. The van der Waals surface area contributed by atoms with E-state index in [9.17, 15) is 19.5 Å². The minimum absolute atomic E-state index is 0.158. The summed E-state index contributed by atoms with van der Waals surface area (Å²) in [5.74, 6) is -2.19. The lowest BCUT2D eigenvalue weighted by Crippen LogP contribution is -2.61. The van der Waals surface area contributed by atoms with E-state index >= 15 is 0 Å². The molecule has 2 fully saturated rings. The Labute approximate surface area is 237 Å². The first kappa shape index (κ1) is 28.6. The Balaban J connectivity index is 1.63. The predicted molar refractivity (Wildman–Crippen MR) is 152 cm³/mol. The molecule has 1 aromatic rings. The van der Waals surface area contributed by atoms with Crippen LogP contribution in [0.2, 0.25) is 0 Å². The minimum atomic E-state index is -1.33. The molecule has 1 N–H and O–H groups in total. The van der Waals surface area contributed by atoms with Crippen LogP contribution in [0.5, 0.6) is 0 Å². The highest BCUT2D eigenvalue weighted by Gasteiger charge is 2.75. The Morgan fingerprint density at radius 1 is 0.975 bits per heavy atom. The van der Waals surface area contributed by atoms with E-state index in [1.54, 1.807) is 14.7 Å². The van der Waals surface area contributed by atoms with Gasteiger partial charge in [-0.25, -0.2) is 0 Å². The smallest absolute Gasteiger partial charge is 0.249 e. The number of likely N-dealkylation sites (tertiary alicyclic amines) is 1. The average Bonchev–Trinajstić information content (AvgIpc) is 3.15. The standard InChI is InChI=1S/C32H43N3O5/c1-21(2)18-23(20-36)35-26-29(39)34(30(3,4)5)17-11-15-32(26)25(28(35)38)24-27(37)33(16-10-14-31(24,6)40-32)19-22-12-8-7-9-13-22/h7-15,21,23-26,36H,16-20H2,1-6H3/t23-,24+,25+,26?,31-,32+/m1/s1. The maximum atomic E-state index is 14.6. The molecule has 0 radical (unpaired) electrons. The molecule has 1 unspecified atom stereocenters. The number of benzene rings is 1. The molecule has 8 nitrogen and oxygen atoms in total. The number of carbonyl (C=O) groups is 3. The average molecular weight is 550 g/mol. The maximum absolute atomic E-state index is 14.6. The lowest BCUT2D eigenvalue weighted by molar-refractivity contribution is -0.158. The van der Waals surface area contributed by atoms with Crippen LogP contribution >= 0.6 is 0 Å². The first-order chi connectivity index (χ1) is 18.8. The van der Waals surface area contributed by atoms with Gasteiger partial charge < -0.3 is 24.5 Å². The van der Waals surface area contributed by atoms with E-state index in [0.717, 1.165) is 5.56 Å². The van der Waals surface area contributed by atoms with Crippen LogP contribution in [-0.2, 0) is 25.7 Å². The second-order valence-corrected chi connectivity index (χ2v) is 13.3. The van der Waals surface area contributed by atoms with Gasteiger partial charge in [-0.2, -0.15) is 0 Å². The second-order valence-electron chi connectivity index (χ2n) is 13.3. The lowest BCUT2D eigenvalue weighted by Gasteiger charge is -2.43. The number of aliphatic hydroxyl groups is 1. The van der Waals surface area contributed by atoms with Crippen molar-refractivity contribution in [3.05, 3.63) is 60.2 Å². The molecule has 6 atom stereocenters. The minimum Gasteiger partial charge on any atom is -0.394 e. The van der Waals surface area contributed by atoms with Gasteiger partial charge in [-0.3, -0.25) is 14.4 Å². The summed E-state index contributed by atoms with van der Waals surface area (Å²) in [6, 6.07) is 8.25. The van der Waals surface area contributed by atoms with Crippen molar-refractivity contribution in [3.8, 4) is 0 Å². The first-order valence-electron chi connectivity index (χ1n) is 14.5. The molecule has 4 heterocycles. The van der Waals surface area contributed by atoms with E-state index in [-0.39, 0.29) is 30.2 Å². The van der Waals surface area contributed by atoms with Gasteiger partial charge in [-0.05, 0) is 45.6 Å². The lowest BCUT2D eigenvalue weighted by atomic mass is 9.74. The molecule has 1 aromatic carbocycles. The van der Waals surface area contributed by atoms with Crippen LogP contribution in [0.15, 0.2) is 54.6 Å². The summed E-state index contributed by atoms with van der Waals surface area (Å²) >= 11 is 0. The number of amides is 3. The van der Waals surface area contributed by atoms with Crippen LogP contribution in [0, 0.1) is 17.8 Å². The van der Waals surface area contributed by atoms with E-state index < -0.39 is 40.7 Å². The largest absolute Gasteiger partial charge is 0.394 e. The highest BCUT2D eigenvalue weighted by atomic mass is 16.5. The number of fused-ring (bicyclic) bond motifs is 2.